The molecule has 4 heteroatoms. The number of benzene rings is 3. The van der Waals surface area contributed by atoms with Crippen molar-refractivity contribution in [3.05, 3.63) is 95.1 Å². The minimum Gasteiger partial charge on any atom is -0.507 e. The zero-order valence-electron chi connectivity index (χ0n) is 16.3. The number of aryl methyl sites for hydroxylation is 1. The van der Waals surface area contributed by atoms with Gasteiger partial charge in [0.1, 0.15) is 12.4 Å². The molecule has 1 amide bonds. The highest BCUT2D eigenvalue weighted by Crippen LogP contribution is 2.44. The Morgan fingerprint density at radius 2 is 1.66 bits per heavy atom. The van der Waals surface area contributed by atoms with Gasteiger partial charge in [0.2, 0.25) is 0 Å². The molecule has 0 radical (unpaired) electrons. The lowest BCUT2D eigenvalue weighted by Gasteiger charge is -2.14. The van der Waals surface area contributed by atoms with Gasteiger partial charge >= 0.3 is 6.09 Å². The number of amides is 1. The van der Waals surface area contributed by atoms with Gasteiger partial charge in [-0.3, -0.25) is 0 Å². The molecule has 0 aromatic heterocycles. The van der Waals surface area contributed by atoms with Crippen LogP contribution in [0.3, 0.4) is 0 Å². The largest absolute Gasteiger partial charge is 0.507 e. The third-order valence-electron chi connectivity index (χ3n) is 5.27. The summed E-state index contributed by atoms with van der Waals surface area (Å²) in [6.45, 7) is 2.47. The molecule has 4 rings (SSSR count). The van der Waals surface area contributed by atoms with Crippen molar-refractivity contribution >= 4 is 12.2 Å². The number of aromatic hydroxyl groups is 1. The fraction of sp³-hybridized carbons (Fsp3) is 0.160. The fourth-order valence-electron chi connectivity index (χ4n) is 3.79. The van der Waals surface area contributed by atoms with Crippen molar-refractivity contribution < 1.29 is 14.6 Å². The Labute approximate surface area is 170 Å². The molecule has 29 heavy (non-hydrogen) atoms. The van der Waals surface area contributed by atoms with Crippen molar-refractivity contribution in [2.24, 2.45) is 0 Å². The van der Waals surface area contributed by atoms with E-state index in [9.17, 15) is 9.90 Å². The first-order valence-corrected chi connectivity index (χ1v) is 9.69. The predicted octanol–water partition coefficient (Wildman–Crippen LogP) is 5.25. The molecule has 0 bridgehead atoms. The average molecular weight is 385 g/mol. The van der Waals surface area contributed by atoms with E-state index in [1.165, 1.54) is 22.3 Å². The first kappa shape index (κ1) is 18.8. The Morgan fingerprint density at radius 3 is 2.34 bits per heavy atom. The van der Waals surface area contributed by atoms with Crippen LogP contribution < -0.4 is 5.32 Å². The van der Waals surface area contributed by atoms with Crippen molar-refractivity contribution in [3.63, 3.8) is 0 Å². The lowest BCUT2D eigenvalue weighted by molar-refractivity contribution is 0.144. The van der Waals surface area contributed by atoms with Crippen molar-refractivity contribution in [2.75, 3.05) is 13.2 Å². The molecular weight excluding hydrogens is 362 g/mol. The van der Waals surface area contributed by atoms with E-state index >= 15 is 0 Å². The number of fused-ring (bicyclic) bond motifs is 3. The Kier molecular flexibility index (Phi) is 5.34. The average Bonchev–Trinajstić information content (AvgIpc) is 3.06. The zero-order valence-corrected chi connectivity index (χ0v) is 16.3. The second-order valence-electron chi connectivity index (χ2n) is 7.12. The monoisotopic (exact) mass is 385 g/mol. The highest BCUT2D eigenvalue weighted by molar-refractivity contribution is 5.79. The zero-order chi connectivity index (χ0) is 20.2. The van der Waals surface area contributed by atoms with Crippen LogP contribution in [0.4, 0.5) is 4.79 Å². The smallest absolute Gasteiger partial charge is 0.407 e. The molecule has 3 aromatic carbocycles. The Bertz CT molecular complexity index is 1030. The van der Waals surface area contributed by atoms with E-state index < -0.39 is 6.09 Å². The molecule has 3 aromatic rings. The number of carbonyl (C=O) groups excluding carboxylic acids is 1. The highest BCUT2D eigenvalue weighted by Gasteiger charge is 2.28. The summed E-state index contributed by atoms with van der Waals surface area (Å²) in [6, 6.07) is 22.1. The van der Waals surface area contributed by atoms with Gasteiger partial charge in [0, 0.05) is 18.0 Å². The molecule has 0 fully saturated rings. The summed E-state index contributed by atoms with van der Waals surface area (Å²) in [4.78, 5) is 12.1. The van der Waals surface area contributed by atoms with Gasteiger partial charge in [0.15, 0.2) is 0 Å². The summed E-state index contributed by atoms with van der Waals surface area (Å²) in [5.41, 5.74) is 6.33. The molecule has 2 N–H and O–H groups in total. The molecule has 0 saturated heterocycles. The van der Waals surface area contributed by atoms with Gasteiger partial charge in [0.05, 0.1) is 0 Å². The summed E-state index contributed by atoms with van der Waals surface area (Å²) < 4.78 is 5.50. The minimum atomic E-state index is -0.454. The molecule has 4 nitrogen and oxygen atoms in total. The number of hydrogen-bond acceptors (Lipinski definition) is 3. The molecular formula is C25H23NO3. The van der Waals surface area contributed by atoms with Crippen LogP contribution in [-0.2, 0) is 4.74 Å². The highest BCUT2D eigenvalue weighted by atomic mass is 16.5. The van der Waals surface area contributed by atoms with Crippen molar-refractivity contribution in [2.45, 2.75) is 12.8 Å². The van der Waals surface area contributed by atoms with E-state index in [0.717, 1.165) is 11.1 Å². The van der Waals surface area contributed by atoms with Crippen molar-refractivity contribution in [1.82, 2.24) is 5.32 Å². The fourth-order valence-corrected chi connectivity index (χ4v) is 3.79. The number of phenols is 1. The molecule has 0 spiro atoms. The van der Waals surface area contributed by atoms with Crippen LogP contribution in [0.2, 0.25) is 0 Å². The van der Waals surface area contributed by atoms with Gasteiger partial charge in [-0.2, -0.15) is 0 Å². The van der Waals surface area contributed by atoms with Gasteiger partial charge in [-0.25, -0.2) is 4.79 Å². The number of phenolic OH excluding ortho intramolecular Hbond substituents is 1. The molecule has 1 aliphatic carbocycles. The minimum absolute atomic E-state index is 0.0490. The lowest BCUT2D eigenvalue weighted by Crippen LogP contribution is -2.26. The number of ether oxygens (including phenoxy) is 1. The topological polar surface area (TPSA) is 58.6 Å². The van der Waals surface area contributed by atoms with Gasteiger partial charge in [-0.1, -0.05) is 78.9 Å². The third-order valence-corrected chi connectivity index (χ3v) is 5.27. The molecule has 0 heterocycles. The maximum Gasteiger partial charge on any atom is 0.407 e. The van der Waals surface area contributed by atoms with E-state index in [-0.39, 0.29) is 11.7 Å². The Morgan fingerprint density at radius 1 is 1.00 bits per heavy atom. The van der Waals surface area contributed by atoms with Gasteiger partial charge in [0.25, 0.3) is 0 Å². The number of alkyl carbamates (subject to hydrolysis) is 1. The number of para-hydroxylation sites is 1. The second-order valence-corrected chi connectivity index (χ2v) is 7.12. The Hall–Kier alpha value is -3.53. The first-order chi connectivity index (χ1) is 14.1. The van der Waals surface area contributed by atoms with Crippen molar-refractivity contribution in [1.29, 1.82) is 0 Å². The summed E-state index contributed by atoms with van der Waals surface area (Å²) in [5.74, 6) is 0.304. The predicted molar refractivity (Wildman–Crippen MR) is 115 cm³/mol. The van der Waals surface area contributed by atoms with Crippen LogP contribution in [-0.4, -0.2) is 24.4 Å². The van der Waals surface area contributed by atoms with Crippen LogP contribution in [0.25, 0.3) is 17.2 Å². The maximum absolute atomic E-state index is 12.1. The van der Waals surface area contributed by atoms with E-state index in [4.69, 9.17) is 4.74 Å². The molecule has 0 saturated carbocycles. The van der Waals surface area contributed by atoms with Crippen LogP contribution in [0, 0.1) is 6.92 Å². The number of hydrogen-bond donors (Lipinski definition) is 2. The molecule has 146 valence electrons. The summed E-state index contributed by atoms with van der Waals surface area (Å²) in [5, 5.41) is 12.7. The summed E-state index contributed by atoms with van der Waals surface area (Å²) in [7, 11) is 0. The third kappa shape index (κ3) is 3.87. The molecule has 0 atom stereocenters. The van der Waals surface area contributed by atoms with E-state index in [1.54, 1.807) is 12.2 Å². The van der Waals surface area contributed by atoms with Crippen LogP contribution in [0.1, 0.15) is 28.2 Å². The summed E-state index contributed by atoms with van der Waals surface area (Å²) >= 11 is 0. The second kappa shape index (κ2) is 8.23. The SMILES string of the molecule is Cc1cccc(C=CCNC(=O)OCC2c3ccccc3-c3ccccc32)c1O. The first-order valence-electron chi connectivity index (χ1n) is 9.69. The van der Waals surface area contributed by atoms with Crippen LogP contribution >= 0.6 is 0 Å². The van der Waals surface area contributed by atoms with Gasteiger partial charge in [-0.05, 0) is 34.7 Å². The van der Waals surface area contributed by atoms with E-state index in [0.29, 0.717) is 13.2 Å². The standard InChI is InChI=1S/C25H23NO3/c1-17-8-6-9-18(24(17)27)10-7-15-26-25(28)29-16-23-21-13-4-2-11-19(21)20-12-3-5-14-22(20)23/h2-14,23,27H,15-16H2,1H3,(H,26,28). The lowest BCUT2D eigenvalue weighted by atomic mass is 9.98. The molecule has 1 aliphatic rings. The summed E-state index contributed by atoms with van der Waals surface area (Å²) in [6.07, 6.45) is 3.12. The normalized spacial score (nSPS) is 12.6. The van der Waals surface area contributed by atoms with E-state index in [2.05, 4.69) is 29.6 Å². The van der Waals surface area contributed by atoms with Crippen molar-refractivity contribution in [3.8, 4) is 16.9 Å². The number of nitrogens with one attached hydrogen (secondary N) is 1. The maximum atomic E-state index is 12.1. The number of rotatable bonds is 5. The van der Waals surface area contributed by atoms with Crippen LogP contribution in [0.15, 0.2) is 72.8 Å². The molecule has 0 unspecified atom stereocenters. The quantitative estimate of drug-likeness (QED) is 0.630. The Balaban J connectivity index is 1.34. The molecule has 0 aliphatic heterocycles. The number of carbonyl (C=O) groups is 1. The van der Waals surface area contributed by atoms with Gasteiger partial charge in [-0.15, -0.1) is 0 Å². The van der Waals surface area contributed by atoms with E-state index in [1.807, 2.05) is 49.4 Å². The van der Waals surface area contributed by atoms with Crippen LogP contribution in [0.5, 0.6) is 5.75 Å². The van der Waals surface area contributed by atoms with Gasteiger partial charge < -0.3 is 15.2 Å².